The number of fused-ring (bicyclic) bond motifs is 1. The number of benzene rings is 2. The zero-order valence-electron chi connectivity index (χ0n) is 16.8. The molecule has 0 fully saturated rings. The van der Waals surface area contributed by atoms with Crippen molar-refractivity contribution in [2.45, 2.75) is 19.3 Å². The first kappa shape index (κ1) is 19.6. The molecule has 0 spiro atoms. The number of hydrogen-bond donors (Lipinski definition) is 1. The van der Waals surface area contributed by atoms with Gasteiger partial charge in [-0.1, -0.05) is 22.0 Å². The van der Waals surface area contributed by atoms with Gasteiger partial charge in [-0.15, -0.1) is 0 Å². The van der Waals surface area contributed by atoms with E-state index in [0.29, 0.717) is 17.2 Å². The van der Waals surface area contributed by atoms with Crippen molar-refractivity contribution in [2.75, 3.05) is 33.2 Å². The van der Waals surface area contributed by atoms with Gasteiger partial charge in [-0.25, -0.2) is 4.68 Å². The quantitative estimate of drug-likeness (QED) is 0.578. The van der Waals surface area contributed by atoms with Gasteiger partial charge in [0.2, 0.25) is 5.75 Å². The molecule has 2 aromatic carbocycles. The maximum Gasteiger partial charge on any atom is 0.203 e. The standard InChI is InChI=1S/C22H24BrN3O3/c1-27-18-11-14(12-19(28-2)21(18)29-3)20-17-9-4-5-10-24-22(17)26(25-20)16-8-6-7-15(23)13-16/h6-8,11-13,24H,4-5,9-10H2,1-3H3. The molecule has 6 nitrogen and oxygen atoms in total. The van der Waals surface area contributed by atoms with E-state index in [2.05, 4.69) is 33.4 Å². The van der Waals surface area contributed by atoms with Crippen LogP contribution in [0.2, 0.25) is 0 Å². The molecule has 0 unspecified atom stereocenters. The van der Waals surface area contributed by atoms with Crippen molar-refractivity contribution in [3.63, 3.8) is 0 Å². The minimum Gasteiger partial charge on any atom is -0.493 e. The third kappa shape index (κ3) is 3.67. The molecule has 0 saturated heterocycles. The van der Waals surface area contributed by atoms with Crippen LogP contribution in [0.3, 0.4) is 0 Å². The van der Waals surface area contributed by atoms with E-state index in [1.54, 1.807) is 21.3 Å². The van der Waals surface area contributed by atoms with Gasteiger partial charge in [-0.2, -0.15) is 5.10 Å². The van der Waals surface area contributed by atoms with E-state index in [4.69, 9.17) is 19.3 Å². The maximum absolute atomic E-state index is 5.56. The summed E-state index contributed by atoms with van der Waals surface area (Å²) in [6, 6.07) is 12.1. The second kappa shape index (κ2) is 8.37. The Hall–Kier alpha value is -2.67. The molecule has 1 aliphatic heterocycles. The topological polar surface area (TPSA) is 57.5 Å². The van der Waals surface area contributed by atoms with Crippen LogP contribution in [0.1, 0.15) is 18.4 Å². The van der Waals surface area contributed by atoms with Crippen molar-refractivity contribution < 1.29 is 14.2 Å². The summed E-state index contributed by atoms with van der Waals surface area (Å²) in [5.41, 5.74) is 4.07. The third-order valence-corrected chi connectivity index (χ3v) is 5.61. The molecule has 0 atom stereocenters. The van der Waals surface area contributed by atoms with Crippen LogP contribution in [0.25, 0.3) is 16.9 Å². The predicted octanol–water partition coefficient (Wildman–Crippen LogP) is 5.08. The summed E-state index contributed by atoms with van der Waals surface area (Å²) in [6.07, 6.45) is 3.20. The molecular formula is C22H24BrN3O3. The van der Waals surface area contributed by atoms with Gasteiger partial charge in [-0.3, -0.25) is 0 Å². The van der Waals surface area contributed by atoms with E-state index < -0.39 is 0 Å². The van der Waals surface area contributed by atoms with Gasteiger partial charge in [0, 0.05) is 22.1 Å². The second-order valence-electron chi connectivity index (χ2n) is 6.87. The summed E-state index contributed by atoms with van der Waals surface area (Å²) in [5.74, 6) is 2.86. The van der Waals surface area contributed by atoms with E-state index >= 15 is 0 Å². The van der Waals surface area contributed by atoms with Gasteiger partial charge < -0.3 is 19.5 Å². The summed E-state index contributed by atoms with van der Waals surface area (Å²) < 4.78 is 19.6. The summed E-state index contributed by atoms with van der Waals surface area (Å²) in [5, 5.41) is 8.58. The number of nitrogens with zero attached hydrogens (tertiary/aromatic N) is 2. The van der Waals surface area contributed by atoms with Gasteiger partial charge in [0.25, 0.3) is 0 Å². The Balaban J connectivity index is 1.93. The fraction of sp³-hybridized carbons (Fsp3) is 0.318. The van der Waals surface area contributed by atoms with Gasteiger partial charge in [-0.05, 0) is 49.6 Å². The Bertz CT molecular complexity index is 1010. The smallest absolute Gasteiger partial charge is 0.203 e. The third-order valence-electron chi connectivity index (χ3n) is 5.12. The predicted molar refractivity (Wildman–Crippen MR) is 118 cm³/mol. The van der Waals surface area contributed by atoms with Crippen LogP contribution in [0.15, 0.2) is 40.9 Å². The van der Waals surface area contributed by atoms with Crippen LogP contribution in [0.5, 0.6) is 17.2 Å². The number of nitrogens with one attached hydrogen (secondary N) is 1. The number of hydrogen-bond acceptors (Lipinski definition) is 5. The Morgan fingerprint density at radius 1 is 1.00 bits per heavy atom. The zero-order valence-corrected chi connectivity index (χ0v) is 18.4. The molecule has 2 heterocycles. The van der Waals surface area contributed by atoms with Gasteiger partial charge in [0.05, 0.1) is 32.7 Å². The highest BCUT2D eigenvalue weighted by molar-refractivity contribution is 9.10. The molecule has 0 aliphatic carbocycles. The molecule has 29 heavy (non-hydrogen) atoms. The van der Waals surface area contributed by atoms with E-state index in [1.165, 1.54) is 5.56 Å². The largest absolute Gasteiger partial charge is 0.493 e. The van der Waals surface area contributed by atoms with Crippen molar-refractivity contribution >= 4 is 21.7 Å². The van der Waals surface area contributed by atoms with Crippen molar-refractivity contribution in [3.05, 3.63) is 46.4 Å². The van der Waals surface area contributed by atoms with Gasteiger partial charge in [0.1, 0.15) is 5.82 Å². The van der Waals surface area contributed by atoms with Crippen LogP contribution >= 0.6 is 15.9 Å². The van der Waals surface area contributed by atoms with E-state index in [1.807, 2.05) is 28.9 Å². The number of aromatic nitrogens is 2. The SMILES string of the molecule is COc1cc(-c2nn(-c3cccc(Br)c3)c3c2CCCCN3)cc(OC)c1OC. The molecule has 1 aromatic heterocycles. The molecule has 7 heteroatoms. The number of anilines is 1. The first-order valence-corrected chi connectivity index (χ1v) is 10.4. The normalized spacial score (nSPS) is 13.2. The first-order valence-electron chi connectivity index (χ1n) is 9.58. The van der Waals surface area contributed by atoms with Gasteiger partial charge >= 0.3 is 0 Å². The zero-order chi connectivity index (χ0) is 20.4. The van der Waals surface area contributed by atoms with Crippen molar-refractivity contribution in [1.82, 2.24) is 9.78 Å². The fourth-order valence-corrected chi connectivity index (χ4v) is 4.13. The Labute approximate surface area is 178 Å². The van der Waals surface area contributed by atoms with E-state index in [-0.39, 0.29) is 0 Å². The highest BCUT2D eigenvalue weighted by Gasteiger charge is 2.24. The van der Waals surface area contributed by atoms with Crippen molar-refractivity contribution in [3.8, 4) is 34.2 Å². The lowest BCUT2D eigenvalue weighted by Gasteiger charge is -2.14. The lowest BCUT2D eigenvalue weighted by atomic mass is 10.0. The molecule has 0 amide bonds. The summed E-state index contributed by atoms with van der Waals surface area (Å²) in [4.78, 5) is 0. The molecule has 0 bridgehead atoms. The summed E-state index contributed by atoms with van der Waals surface area (Å²) in [7, 11) is 4.87. The Kier molecular flexibility index (Phi) is 5.67. The summed E-state index contributed by atoms with van der Waals surface area (Å²) in [6.45, 7) is 0.932. The van der Waals surface area contributed by atoms with Gasteiger partial charge in [0.15, 0.2) is 11.5 Å². The lowest BCUT2D eigenvalue weighted by molar-refractivity contribution is 0.324. The minimum absolute atomic E-state index is 0.578. The van der Waals surface area contributed by atoms with Crippen LogP contribution in [0.4, 0.5) is 5.82 Å². The molecule has 1 aliphatic rings. The fourth-order valence-electron chi connectivity index (χ4n) is 3.75. The average molecular weight is 458 g/mol. The average Bonchev–Trinajstić information content (AvgIpc) is 2.93. The molecule has 0 radical (unpaired) electrons. The maximum atomic E-state index is 5.56. The number of halogens is 1. The molecule has 152 valence electrons. The number of ether oxygens (including phenoxy) is 3. The Morgan fingerprint density at radius 2 is 1.76 bits per heavy atom. The van der Waals surface area contributed by atoms with E-state index in [0.717, 1.165) is 53.0 Å². The van der Waals surface area contributed by atoms with Crippen LogP contribution < -0.4 is 19.5 Å². The monoisotopic (exact) mass is 457 g/mol. The second-order valence-corrected chi connectivity index (χ2v) is 7.78. The summed E-state index contributed by atoms with van der Waals surface area (Å²) >= 11 is 3.57. The van der Waals surface area contributed by atoms with E-state index in [9.17, 15) is 0 Å². The van der Waals surface area contributed by atoms with Crippen LogP contribution in [-0.4, -0.2) is 37.7 Å². The molecular weight excluding hydrogens is 434 g/mol. The highest BCUT2D eigenvalue weighted by Crippen LogP contribution is 2.43. The molecule has 1 N–H and O–H groups in total. The lowest BCUT2D eigenvalue weighted by Crippen LogP contribution is -2.07. The molecule has 0 saturated carbocycles. The molecule has 4 rings (SSSR count). The molecule has 3 aromatic rings. The minimum atomic E-state index is 0.578. The van der Waals surface area contributed by atoms with Crippen LogP contribution in [0, 0.1) is 0 Å². The number of methoxy groups -OCH3 is 3. The highest BCUT2D eigenvalue weighted by atomic mass is 79.9. The Morgan fingerprint density at radius 3 is 2.41 bits per heavy atom. The van der Waals surface area contributed by atoms with Crippen molar-refractivity contribution in [2.24, 2.45) is 0 Å². The van der Waals surface area contributed by atoms with Crippen LogP contribution in [-0.2, 0) is 6.42 Å². The first-order chi connectivity index (χ1) is 14.2. The van der Waals surface area contributed by atoms with Crippen molar-refractivity contribution in [1.29, 1.82) is 0 Å². The number of rotatable bonds is 5.